The summed E-state index contributed by atoms with van der Waals surface area (Å²) in [6, 6.07) is 0. The number of aromatic nitrogens is 2. The van der Waals surface area contributed by atoms with Gasteiger partial charge in [0.25, 0.3) is 0 Å². The van der Waals surface area contributed by atoms with Crippen molar-refractivity contribution < 1.29 is 9.47 Å². The zero-order chi connectivity index (χ0) is 11.9. The molecular formula is C11H16BrN3O2. The van der Waals surface area contributed by atoms with Crippen LogP contribution in [0.5, 0.6) is 0 Å². The number of nitrogens with one attached hydrogen (secondary N) is 1. The van der Waals surface area contributed by atoms with E-state index in [1.54, 1.807) is 6.20 Å². The Morgan fingerprint density at radius 3 is 3.29 bits per heavy atom. The van der Waals surface area contributed by atoms with Crippen molar-refractivity contribution in [2.45, 2.75) is 18.9 Å². The maximum atomic E-state index is 5.66. The van der Waals surface area contributed by atoms with Crippen LogP contribution in [0.25, 0.3) is 0 Å². The summed E-state index contributed by atoms with van der Waals surface area (Å²) in [5, 5.41) is 3.23. The first-order chi connectivity index (χ1) is 8.36. The third kappa shape index (κ3) is 4.22. The van der Waals surface area contributed by atoms with Crippen molar-refractivity contribution in [3.8, 4) is 0 Å². The Morgan fingerprint density at radius 2 is 2.53 bits per heavy atom. The van der Waals surface area contributed by atoms with Gasteiger partial charge in [0.2, 0.25) is 0 Å². The quantitative estimate of drug-likeness (QED) is 0.813. The normalized spacial score (nSPS) is 19.5. The molecule has 1 aliphatic rings. The molecule has 1 atom stereocenters. The molecule has 0 radical (unpaired) electrons. The molecule has 6 heteroatoms. The van der Waals surface area contributed by atoms with Crippen molar-refractivity contribution in [3.05, 3.63) is 17.0 Å². The Hall–Kier alpha value is -0.720. The van der Waals surface area contributed by atoms with Crippen molar-refractivity contribution in [1.82, 2.24) is 9.97 Å². The standard InChI is InChI=1S/C11H16BrN3O2/c12-10-6-13-8-15-11(10)14-3-1-4-17-9-2-5-16-7-9/h6,8-9H,1-5,7H2,(H,13,14,15). The van der Waals surface area contributed by atoms with Gasteiger partial charge in [-0.15, -0.1) is 0 Å². The Kier molecular flexibility index (Phi) is 5.15. The van der Waals surface area contributed by atoms with E-state index in [-0.39, 0.29) is 0 Å². The lowest BCUT2D eigenvalue weighted by Crippen LogP contribution is -2.15. The largest absolute Gasteiger partial charge is 0.379 e. The maximum absolute atomic E-state index is 5.66. The molecule has 0 amide bonds. The third-order valence-electron chi connectivity index (χ3n) is 2.52. The van der Waals surface area contributed by atoms with Gasteiger partial charge in [0.15, 0.2) is 0 Å². The van der Waals surface area contributed by atoms with Crippen LogP contribution in [0.15, 0.2) is 17.0 Å². The van der Waals surface area contributed by atoms with Gasteiger partial charge in [-0.1, -0.05) is 0 Å². The average Bonchev–Trinajstić information content (AvgIpc) is 2.84. The van der Waals surface area contributed by atoms with E-state index in [2.05, 4.69) is 31.2 Å². The first-order valence-corrected chi connectivity index (χ1v) is 6.54. The van der Waals surface area contributed by atoms with E-state index in [0.717, 1.165) is 49.5 Å². The molecule has 1 unspecified atom stereocenters. The van der Waals surface area contributed by atoms with Gasteiger partial charge < -0.3 is 14.8 Å². The predicted octanol–water partition coefficient (Wildman–Crippen LogP) is 1.85. The Bertz CT molecular complexity index is 345. The van der Waals surface area contributed by atoms with Crippen molar-refractivity contribution >= 4 is 21.7 Å². The zero-order valence-electron chi connectivity index (χ0n) is 9.56. The second kappa shape index (κ2) is 6.88. The van der Waals surface area contributed by atoms with Crippen LogP contribution in [0.4, 0.5) is 5.82 Å². The van der Waals surface area contributed by atoms with E-state index < -0.39 is 0 Å². The lowest BCUT2D eigenvalue weighted by molar-refractivity contribution is 0.0427. The molecular weight excluding hydrogens is 286 g/mol. The molecule has 0 spiro atoms. The number of rotatable bonds is 6. The molecule has 2 heterocycles. The number of ether oxygens (including phenoxy) is 2. The van der Waals surface area contributed by atoms with Gasteiger partial charge >= 0.3 is 0 Å². The lowest BCUT2D eigenvalue weighted by atomic mass is 10.3. The van der Waals surface area contributed by atoms with Gasteiger partial charge in [0, 0.05) is 26.0 Å². The van der Waals surface area contributed by atoms with Gasteiger partial charge in [-0.25, -0.2) is 9.97 Å². The molecule has 0 aromatic carbocycles. The van der Waals surface area contributed by atoms with Crippen molar-refractivity contribution in [2.24, 2.45) is 0 Å². The number of hydrogen-bond acceptors (Lipinski definition) is 5. The van der Waals surface area contributed by atoms with Gasteiger partial charge in [-0.3, -0.25) is 0 Å². The molecule has 17 heavy (non-hydrogen) atoms. The van der Waals surface area contributed by atoms with Crippen LogP contribution >= 0.6 is 15.9 Å². The maximum Gasteiger partial charge on any atom is 0.143 e. The minimum absolute atomic E-state index is 0.292. The van der Waals surface area contributed by atoms with Crippen LogP contribution in [0, 0.1) is 0 Å². The molecule has 0 aliphatic carbocycles. The lowest BCUT2D eigenvalue weighted by Gasteiger charge is -2.10. The Labute approximate surface area is 109 Å². The van der Waals surface area contributed by atoms with E-state index in [1.807, 2.05) is 0 Å². The fraction of sp³-hybridized carbons (Fsp3) is 0.636. The molecule has 1 aromatic heterocycles. The highest BCUT2D eigenvalue weighted by molar-refractivity contribution is 9.10. The fourth-order valence-corrected chi connectivity index (χ4v) is 1.98. The third-order valence-corrected chi connectivity index (χ3v) is 3.10. The highest BCUT2D eigenvalue weighted by Crippen LogP contribution is 2.16. The van der Waals surface area contributed by atoms with Crippen molar-refractivity contribution in [3.63, 3.8) is 0 Å². The monoisotopic (exact) mass is 301 g/mol. The minimum atomic E-state index is 0.292. The highest BCUT2D eigenvalue weighted by atomic mass is 79.9. The van der Waals surface area contributed by atoms with Crippen LogP contribution in [-0.2, 0) is 9.47 Å². The van der Waals surface area contributed by atoms with E-state index >= 15 is 0 Å². The minimum Gasteiger partial charge on any atom is -0.379 e. The summed E-state index contributed by atoms with van der Waals surface area (Å²) in [6.07, 6.45) is 5.51. The Balaban J connectivity index is 1.58. The second-order valence-corrected chi connectivity index (χ2v) is 4.71. The summed E-state index contributed by atoms with van der Waals surface area (Å²) in [5.41, 5.74) is 0. The first kappa shape index (κ1) is 12.7. The van der Waals surface area contributed by atoms with Gasteiger partial charge in [-0.2, -0.15) is 0 Å². The topological polar surface area (TPSA) is 56.3 Å². The molecule has 1 aliphatic heterocycles. The predicted molar refractivity (Wildman–Crippen MR) is 68.0 cm³/mol. The molecule has 1 N–H and O–H groups in total. The zero-order valence-corrected chi connectivity index (χ0v) is 11.1. The average molecular weight is 302 g/mol. The summed E-state index contributed by atoms with van der Waals surface area (Å²) < 4.78 is 11.8. The van der Waals surface area contributed by atoms with E-state index in [9.17, 15) is 0 Å². The van der Waals surface area contributed by atoms with Gasteiger partial charge in [0.1, 0.15) is 12.1 Å². The molecule has 0 saturated carbocycles. The van der Waals surface area contributed by atoms with E-state index in [1.165, 1.54) is 6.33 Å². The number of halogens is 1. The molecule has 1 fully saturated rings. The molecule has 1 saturated heterocycles. The van der Waals surface area contributed by atoms with E-state index in [4.69, 9.17) is 9.47 Å². The van der Waals surface area contributed by atoms with Gasteiger partial charge in [0.05, 0.1) is 17.2 Å². The summed E-state index contributed by atoms with van der Waals surface area (Å²) in [6.45, 7) is 3.16. The molecule has 2 rings (SSSR count). The van der Waals surface area contributed by atoms with Crippen LogP contribution in [0.3, 0.4) is 0 Å². The molecule has 0 bridgehead atoms. The highest BCUT2D eigenvalue weighted by Gasteiger charge is 2.15. The second-order valence-electron chi connectivity index (χ2n) is 3.86. The van der Waals surface area contributed by atoms with Crippen molar-refractivity contribution in [2.75, 3.05) is 31.7 Å². The Morgan fingerprint density at radius 1 is 1.59 bits per heavy atom. The fourth-order valence-electron chi connectivity index (χ4n) is 1.62. The summed E-state index contributed by atoms with van der Waals surface area (Å²) in [7, 11) is 0. The summed E-state index contributed by atoms with van der Waals surface area (Å²) in [4.78, 5) is 8.03. The van der Waals surface area contributed by atoms with Crippen LogP contribution in [0.2, 0.25) is 0 Å². The van der Waals surface area contributed by atoms with E-state index in [0.29, 0.717) is 6.10 Å². The molecule has 1 aromatic rings. The van der Waals surface area contributed by atoms with Crippen LogP contribution in [0.1, 0.15) is 12.8 Å². The summed E-state index contributed by atoms with van der Waals surface area (Å²) in [5.74, 6) is 0.823. The first-order valence-electron chi connectivity index (χ1n) is 5.75. The number of nitrogens with zero attached hydrogens (tertiary/aromatic N) is 2. The van der Waals surface area contributed by atoms with Gasteiger partial charge in [-0.05, 0) is 28.8 Å². The number of anilines is 1. The van der Waals surface area contributed by atoms with Crippen LogP contribution in [-0.4, -0.2) is 42.4 Å². The summed E-state index contributed by atoms with van der Waals surface area (Å²) >= 11 is 3.38. The number of hydrogen-bond donors (Lipinski definition) is 1. The van der Waals surface area contributed by atoms with Crippen LogP contribution < -0.4 is 5.32 Å². The molecule has 5 nitrogen and oxygen atoms in total. The molecule has 94 valence electrons. The SMILES string of the molecule is Brc1cncnc1NCCCOC1CCOC1. The van der Waals surface area contributed by atoms with Crippen molar-refractivity contribution in [1.29, 1.82) is 0 Å². The smallest absolute Gasteiger partial charge is 0.143 e.